The predicted molar refractivity (Wildman–Crippen MR) is 48.7 cm³/mol. The second-order valence-electron chi connectivity index (χ2n) is 5.65. The van der Waals surface area contributed by atoms with Crippen LogP contribution in [0.5, 0.6) is 0 Å². The maximum Gasteiger partial charge on any atom is 0.0607 e. The predicted octanol–water partition coefficient (Wildman–Crippen LogP) is 2.27. The Morgan fingerprint density at radius 2 is 2.23 bits per heavy atom. The molecule has 0 aromatic carbocycles. The highest BCUT2D eigenvalue weighted by atomic mass is 16.4. The summed E-state index contributed by atoms with van der Waals surface area (Å²) < 4.78 is 0. The maximum atomic E-state index is 8.85. The van der Waals surface area contributed by atoms with E-state index in [1.807, 2.05) is 0 Å². The molecule has 4 saturated carbocycles. The van der Waals surface area contributed by atoms with Crippen LogP contribution < -0.4 is 0 Å². The van der Waals surface area contributed by atoms with E-state index in [2.05, 4.69) is 5.16 Å². The molecule has 4 rings (SSSR count). The fraction of sp³-hybridized carbons (Fsp3) is 0.909. The molecule has 2 nitrogen and oxygen atoms in total. The molecule has 0 radical (unpaired) electrons. The highest BCUT2D eigenvalue weighted by Crippen LogP contribution is 2.76. The Morgan fingerprint density at radius 3 is 2.85 bits per heavy atom. The maximum absolute atomic E-state index is 8.85. The summed E-state index contributed by atoms with van der Waals surface area (Å²) in [6.07, 6.45) is 6.92. The molecule has 4 aliphatic carbocycles. The average Bonchev–Trinajstić information content (AvgIpc) is 2.76. The zero-order valence-electron chi connectivity index (χ0n) is 7.74. The van der Waals surface area contributed by atoms with Crippen molar-refractivity contribution in [1.29, 1.82) is 0 Å². The minimum Gasteiger partial charge on any atom is -0.411 e. The second kappa shape index (κ2) is 1.79. The van der Waals surface area contributed by atoms with Gasteiger partial charge in [-0.2, -0.15) is 0 Å². The lowest BCUT2D eigenvalue weighted by atomic mass is 9.56. The van der Waals surface area contributed by atoms with Crippen molar-refractivity contribution in [2.24, 2.45) is 34.2 Å². The van der Waals surface area contributed by atoms with Gasteiger partial charge in [0.05, 0.1) is 5.71 Å². The van der Waals surface area contributed by atoms with Crippen LogP contribution >= 0.6 is 0 Å². The Kier molecular flexibility index (Phi) is 0.946. The third-order valence-electron chi connectivity index (χ3n) is 5.31. The topological polar surface area (TPSA) is 32.6 Å². The van der Waals surface area contributed by atoms with E-state index in [0.717, 1.165) is 35.3 Å². The summed E-state index contributed by atoms with van der Waals surface area (Å²) in [6, 6.07) is 0. The van der Waals surface area contributed by atoms with Crippen LogP contribution in [-0.4, -0.2) is 10.9 Å². The van der Waals surface area contributed by atoms with Crippen molar-refractivity contribution in [3.8, 4) is 0 Å². The van der Waals surface area contributed by atoms with E-state index in [-0.39, 0.29) is 0 Å². The van der Waals surface area contributed by atoms with Crippen molar-refractivity contribution in [2.45, 2.75) is 32.1 Å². The summed E-state index contributed by atoms with van der Waals surface area (Å²) >= 11 is 0. The molecular weight excluding hydrogens is 162 g/mol. The molecule has 0 unspecified atom stereocenters. The van der Waals surface area contributed by atoms with Crippen LogP contribution in [0.15, 0.2) is 5.16 Å². The highest BCUT2D eigenvalue weighted by Gasteiger charge is 2.70. The molecule has 13 heavy (non-hydrogen) atoms. The minimum atomic E-state index is 0.686. The molecule has 0 aromatic heterocycles. The third-order valence-corrected chi connectivity index (χ3v) is 5.31. The van der Waals surface area contributed by atoms with E-state index in [1.165, 1.54) is 25.7 Å². The third kappa shape index (κ3) is 0.598. The fourth-order valence-corrected chi connectivity index (χ4v) is 4.74. The van der Waals surface area contributed by atoms with Crippen LogP contribution in [-0.2, 0) is 0 Å². The minimum absolute atomic E-state index is 0.686. The zero-order valence-corrected chi connectivity index (χ0v) is 7.74. The lowest BCUT2D eigenvalue weighted by Gasteiger charge is -2.48. The van der Waals surface area contributed by atoms with Gasteiger partial charge in [0.1, 0.15) is 0 Å². The Balaban J connectivity index is 1.70. The van der Waals surface area contributed by atoms with Crippen molar-refractivity contribution in [1.82, 2.24) is 0 Å². The average molecular weight is 177 g/mol. The molecule has 0 heterocycles. The fourth-order valence-electron chi connectivity index (χ4n) is 4.74. The molecule has 4 aliphatic rings. The summed E-state index contributed by atoms with van der Waals surface area (Å²) in [5.41, 5.74) is 1.95. The molecule has 2 bridgehead atoms. The van der Waals surface area contributed by atoms with Crippen molar-refractivity contribution < 1.29 is 5.21 Å². The van der Waals surface area contributed by atoms with Crippen LogP contribution in [0.1, 0.15) is 32.1 Å². The first kappa shape index (κ1) is 6.86. The first-order chi connectivity index (χ1) is 6.34. The summed E-state index contributed by atoms with van der Waals surface area (Å²) in [4.78, 5) is 0. The number of hydrogen-bond acceptors (Lipinski definition) is 2. The number of nitrogens with zero attached hydrogens (tertiary/aromatic N) is 1. The molecule has 2 heteroatoms. The van der Waals surface area contributed by atoms with Crippen LogP contribution in [0, 0.1) is 29.1 Å². The van der Waals surface area contributed by atoms with E-state index >= 15 is 0 Å². The monoisotopic (exact) mass is 177 g/mol. The van der Waals surface area contributed by atoms with Gasteiger partial charge in [0.2, 0.25) is 0 Å². The van der Waals surface area contributed by atoms with Crippen LogP contribution in [0.2, 0.25) is 0 Å². The van der Waals surface area contributed by atoms with Gasteiger partial charge in [-0.15, -0.1) is 0 Å². The molecular formula is C11H15NO. The lowest BCUT2D eigenvalue weighted by molar-refractivity contribution is 0.0265. The van der Waals surface area contributed by atoms with E-state index in [4.69, 9.17) is 5.21 Å². The van der Waals surface area contributed by atoms with E-state index < -0.39 is 0 Å². The van der Waals surface area contributed by atoms with E-state index in [0.29, 0.717) is 5.92 Å². The standard InChI is InChI=1S/C11H15NO/c13-12-9-4-6-3-7(9)8-5-11(1-2-11)10(6)8/h6-8,10,13H,1-5H2/b12-9+/t6-,7+,8+,10+/m1/s1. The van der Waals surface area contributed by atoms with Gasteiger partial charge in [-0.1, -0.05) is 5.16 Å². The normalized spacial score (nSPS) is 56.8. The molecule has 0 saturated heterocycles. The first-order valence-electron chi connectivity index (χ1n) is 5.55. The number of fused-ring (bicyclic) bond motifs is 6. The molecule has 0 aromatic rings. The number of rotatable bonds is 0. The smallest absolute Gasteiger partial charge is 0.0607 e. The molecule has 0 aliphatic heterocycles. The van der Waals surface area contributed by atoms with Crippen LogP contribution in [0.25, 0.3) is 0 Å². The summed E-state index contributed by atoms with van der Waals surface area (Å²) in [6.45, 7) is 0. The highest BCUT2D eigenvalue weighted by molar-refractivity contribution is 5.90. The summed E-state index contributed by atoms with van der Waals surface area (Å²) in [7, 11) is 0. The van der Waals surface area contributed by atoms with Gasteiger partial charge in [0.15, 0.2) is 0 Å². The van der Waals surface area contributed by atoms with Gasteiger partial charge < -0.3 is 5.21 Å². The van der Waals surface area contributed by atoms with Crippen molar-refractivity contribution in [3.63, 3.8) is 0 Å². The van der Waals surface area contributed by atoms with Crippen LogP contribution in [0.3, 0.4) is 0 Å². The van der Waals surface area contributed by atoms with Gasteiger partial charge in [-0.25, -0.2) is 0 Å². The Hall–Kier alpha value is -0.530. The molecule has 4 fully saturated rings. The van der Waals surface area contributed by atoms with Gasteiger partial charge >= 0.3 is 0 Å². The lowest BCUT2D eigenvalue weighted by Crippen LogP contribution is -2.45. The Bertz CT molecular complexity index is 303. The summed E-state index contributed by atoms with van der Waals surface area (Å²) in [5.74, 6) is 3.55. The van der Waals surface area contributed by atoms with Gasteiger partial charge in [0.25, 0.3) is 0 Å². The molecule has 70 valence electrons. The quantitative estimate of drug-likeness (QED) is 0.447. The number of oxime groups is 1. The molecule has 0 amide bonds. The van der Waals surface area contributed by atoms with Crippen LogP contribution in [0.4, 0.5) is 0 Å². The van der Waals surface area contributed by atoms with E-state index in [9.17, 15) is 0 Å². The number of hydrogen-bond donors (Lipinski definition) is 1. The van der Waals surface area contributed by atoms with Crippen molar-refractivity contribution >= 4 is 5.71 Å². The second-order valence-corrected chi connectivity index (χ2v) is 5.65. The summed E-state index contributed by atoms with van der Waals surface area (Å²) in [5, 5.41) is 12.3. The SMILES string of the molecule is O/N=C1\C[C@H]2C[C@H]1[C@@H]1CC3(CC3)[C@@H]21. The molecule has 1 N–H and O–H groups in total. The first-order valence-corrected chi connectivity index (χ1v) is 5.55. The molecule has 4 atom stereocenters. The zero-order chi connectivity index (χ0) is 8.63. The van der Waals surface area contributed by atoms with Gasteiger partial charge in [-0.05, 0) is 55.3 Å². The van der Waals surface area contributed by atoms with Gasteiger partial charge in [0, 0.05) is 5.92 Å². The van der Waals surface area contributed by atoms with E-state index in [1.54, 1.807) is 0 Å². The van der Waals surface area contributed by atoms with Crippen molar-refractivity contribution in [3.05, 3.63) is 0 Å². The van der Waals surface area contributed by atoms with Gasteiger partial charge in [-0.3, -0.25) is 0 Å². The largest absolute Gasteiger partial charge is 0.411 e. The molecule has 1 spiro atoms. The Morgan fingerprint density at radius 1 is 1.38 bits per heavy atom. The Labute approximate surface area is 78.0 Å². The van der Waals surface area contributed by atoms with Crippen molar-refractivity contribution in [2.75, 3.05) is 0 Å².